The van der Waals surface area contributed by atoms with Gasteiger partial charge in [-0.25, -0.2) is 28.8 Å². The maximum Gasteiger partial charge on any atom is 0.468 e. The summed E-state index contributed by atoms with van der Waals surface area (Å²) in [7, 11) is -8.35. The molecule has 0 aromatic carbocycles. The maximum atomic E-state index is 14.0. The number of halogens is 4. The van der Waals surface area contributed by atoms with Gasteiger partial charge in [-0.05, 0) is 0 Å². The van der Waals surface area contributed by atoms with Crippen LogP contribution in [0.5, 0.6) is 0 Å². The Morgan fingerprint density at radius 3 is 0.938 bits per heavy atom. The van der Waals surface area contributed by atoms with Crippen molar-refractivity contribution >= 4 is 77.1 Å². The molecule has 0 aromatic heterocycles. The molecule has 0 saturated carbocycles. The molecule has 0 amide bonds. The first-order chi connectivity index (χ1) is 15.0. The first-order valence-electron chi connectivity index (χ1n) is 7.61. The molecule has 0 aliphatic carbocycles. The van der Waals surface area contributed by atoms with E-state index in [-0.39, 0.29) is 0 Å². The summed E-state index contributed by atoms with van der Waals surface area (Å²) in [5, 5.41) is -9.48. The van der Waals surface area contributed by atoms with Gasteiger partial charge in [0.2, 0.25) is 36.5 Å². The van der Waals surface area contributed by atoms with Crippen LogP contribution in [0.4, 0.5) is 17.6 Å². The Hall–Kier alpha value is -2.87. The van der Waals surface area contributed by atoms with Gasteiger partial charge in [0.15, 0.2) is 0 Å². The summed E-state index contributed by atoms with van der Waals surface area (Å²) >= 11 is -1.21. The van der Waals surface area contributed by atoms with E-state index in [1.807, 2.05) is 0 Å². The molecule has 12 nitrogen and oxygen atoms in total. The number of nitrogens with zero attached hydrogens (tertiary/aromatic N) is 6. The van der Waals surface area contributed by atoms with Gasteiger partial charge in [-0.15, -0.1) is 0 Å². The number of alkyl halides is 4. The molecule has 20 heteroatoms. The predicted molar refractivity (Wildman–Crippen MR) is 105 cm³/mol. The fourth-order valence-corrected chi connectivity index (χ4v) is 7.78. The van der Waals surface area contributed by atoms with Crippen molar-refractivity contribution in [1.82, 2.24) is 0 Å². The van der Waals surface area contributed by atoms with Crippen molar-refractivity contribution in [2.24, 2.45) is 27.9 Å². The van der Waals surface area contributed by atoms with E-state index in [4.69, 9.17) is 0 Å². The predicted octanol–water partition coefficient (Wildman–Crippen LogP) is 1.53. The van der Waals surface area contributed by atoms with Gasteiger partial charge in [-0.2, -0.15) is 45.5 Å². The van der Waals surface area contributed by atoms with E-state index >= 15 is 0 Å². The fraction of sp³-hybridized carbons (Fsp3) is 0.500. The van der Waals surface area contributed by atoms with Crippen LogP contribution in [-0.2, 0) is 28.8 Å². The summed E-state index contributed by atoms with van der Waals surface area (Å²) in [5.74, 6) is -1.73. The molecule has 0 rings (SSSR count). The zero-order valence-corrected chi connectivity index (χ0v) is 18.9. The van der Waals surface area contributed by atoms with Crippen molar-refractivity contribution < 1.29 is 46.3 Å². The molecule has 0 heterocycles. The molecular formula is C12H8F4N6O6S2Si2. The SMILES string of the molecule is O=C=N[Si](CCSC(F)(F)C(F)(F)SCC[Si](N=C=O)(N=C=O)N=C=O)(N=C=O)N=C=O. The van der Waals surface area contributed by atoms with Crippen LogP contribution in [0.1, 0.15) is 0 Å². The van der Waals surface area contributed by atoms with Crippen LogP contribution in [0, 0.1) is 0 Å². The molecule has 0 bridgehead atoms. The number of isocyanates is 6. The van der Waals surface area contributed by atoms with Gasteiger partial charge in [-0.3, -0.25) is 0 Å². The molecule has 32 heavy (non-hydrogen) atoms. The van der Waals surface area contributed by atoms with Crippen LogP contribution in [0.15, 0.2) is 27.9 Å². The molecule has 0 unspecified atom stereocenters. The molecule has 0 aliphatic rings. The zero-order chi connectivity index (χ0) is 24.7. The van der Waals surface area contributed by atoms with Gasteiger partial charge >= 0.3 is 27.6 Å². The minimum absolute atomic E-state index is 0.606. The van der Waals surface area contributed by atoms with Crippen molar-refractivity contribution in [3.63, 3.8) is 0 Å². The Balaban J connectivity index is 5.37. The fourth-order valence-electron chi connectivity index (χ4n) is 1.72. The molecule has 0 aromatic rings. The third-order valence-corrected chi connectivity index (χ3v) is 10.6. The third kappa shape index (κ3) is 8.71. The quantitative estimate of drug-likeness (QED) is 0.133. The van der Waals surface area contributed by atoms with E-state index in [1.54, 1.807) is 0 Å². The topological polar surface area (TPSA) is 177 Å². The molecule has 0 radical (unpaired) electrons. The Labute approximate surface area is 185 Å². The van der Waals surface area contributed by atoms with Crippen molar-refractivity contribution in [1.29, 1.82) is 0 Å². The average molecular weight is 529 g/mol. The number of rotatable bonds is 15. The largest absolute Gasteiger partial charge is 0.468 e. The molecule has 0 saturated heterocycles. The van der Waals surface area contributed by atoms with Gasteiger partial charge in [0.25, 0.3) is 0 Å². The van der Waals surface area contributed by atoms with E-state index in [0.29, 0.717) is 0 Å². The van der Waals surface area contributed by atoms with E-state index < -0.39 is 74.7 Å². The molecule has 0 atom stereocenters. The van der Waals surface area contributed by atoms with Crippen LogP contribution in [0.25, 0.3) is 0 Å². The average Bonchev–Trinajstić information content (AvgIpc) is 2.69. The monoisotopic (exact) mass is 528 g/mol. The summed E-state index contributed by atoms with van der Waals surface area (Å²) in [6, 6.07) is -1.44. The summed E-state index contributed by atoms with van der Waals surface area (Å²) in [6.45, 7) is 0. The van der Waals surface area contributed by atoms with Crippen LogP contribution in [0.3, 0.4) is 0 Å². The molecule has 0 N–H and O–H groups in total. The lowest BCUT2D eigenvalue weighted by atomic mass is 10.7. The standard InChI is InChI=1S/C12H8F4N6O6S2Si2/c13-11(14,29-1-3-31(17-5-23,18-6-24)19-7-25)12(15,16)30-2-4-32(20-8-26,21-9-27)22-10-28/h1-4H2. The normalized spacial score (nSPS) is 14.2. The van der Waals surface area contributed by atoms with Gasteiger partial charge < -0.3 is 0 Å². The van der Waals surface area contributed by atoms with Crippen molar-refractivity contribution in [3.8, 4) is 0 Å². The summed E-state index contributed by atoms with van der Waals surface area (Å²) in [6.07, 6.45) is 5.80. The highest BCUT2D eigenvalue weighted by Gasteiger charge is 2.57. The van der Waals surface area contributed by atoms with Crippen molar-refractivity contribution in [2.45, 2.75) is 22.6 Å². The summed E-state index contributed by atoms with van der Waals surface area (Å²) in [5.41, 5.74) is 0. The lowest BCUT2D eigenvalue weighted by Crippen LogP contribution is -2.37. The molecular weight excluding hydrogens is 520 g/mol. The lowest BCUT2D eigenvalue weighted by molar-refractivity contribution is -0.0833. The highest BCUT2D eigenvalue weighted by Crippen LogP contribution is 2.50. The second-order valence-electron chi connectivity index (χ2n) is 5.00. The molecule has 0 spiro atoms. The number of thioether (sulfide) groups is 2. The van der Waals surface area contributed by atoms with E-state index in [0.717, 1.165) is 36.5 Å². The summed E-state index contributed by atoms with van der Waals surface area (Å²) in [4.78, 5) is 62.5. The van der Waals surface area contributed by atoms with Gasteiger partial charge in [0.1, 0.15) is 0 Å². The molecule has 170 valence electrons. The first kappa shape index (κ1) is 29.1. The highest BCUT2D eigenvalue weighted by atomic mass is 32.2. The third-order valence-electron chi connectivity index (χ3n) is 3.13. The van der Waals surface area contributed by atoms with E-state index in [9.17, 15) is 46.3 Å². The number of hydrogen-bond donors (Lipinski definition) is 0. The Morgan fingerprint density at radius 2 is 0.750 bits per heavy atom. The smallest absolute Gasteiger partial charge is 0.212 e. The maximum absolute atomic E-state index is 14.0. The first-order valence-corrected chi connectivity index (χ1v) is 13.7. The van der Waals surface area contributed by atoms with E-state index in [2.05, 4.69) is 27.9 Å². The van der Waals surface area contributed by atoms with Crippen LogP contribution in [0.2, 0.25) is 12.1 Å². The minimum Gasteiger partial charge on any atom is -0.212 e. The lowest BCUT2D eigenvalue weighted by Gasteiger charge is -2.26. The molecule has 0 fully saturated rings. The number of carbonyl (C=O) groups excluding carboxylic acids is 6. The second-order valence-corrected chi connectivity index (χ2v) is 12.9. The van der Waals surface area contributed by atoms with Crippen molar-refractivity contribution in [2.75, 3.05) is 11.5 Å². The van der Waals surface area contributed by atoms with Crippen molar-refractivity contribution in [3.05, 3.63) is 0 Å². The van der Waals surface area contributed by atoms with Gasteiger partial charge in [0.05, 0.1) is 0 Å². The molecule has 0 aliphatic heterocycles. The number of hydrogen-bond acceptors (Lipinski definition) is 14. The van der Waals surface area contributed by atoms with Crippen LogP contribution >= 0.6 is 23.5 Å². The van der Waals surface area contributed by atoms with Crippen LogP contribution < -0.4 is 0 Å². The Kier molecular flexibility index (Phi) is 12.3. The minimum atomic E-state index is -4.74. The van der Waals surface area contributed by atoms with Gasteiger partial charge in [0, 0.05) is 23.6 Å². The van der Waals surface area contributed by atoms with Crippen LogP contribution in [-0.4, -0.2) is 75.6 Å². The van der Waals surface area contributed by atoms with Gasteiger partial charge in [-0.1, -0.05) is 23.5 Å². The van der Waals surface area contributed by atoms with E-state index in [1.165, 1.54) is 0 Å². The zero-order valence-electron chi connectivity index (χ0n) is 15.3. The highest BCUT2D eigenvalue weighted by molar-refractivity contribution is 8.04. The second kappa shape index (κ2) is 13.5. The Bertz CT molecular complexity index is 813. The summed E-state index contributed by atoms with van der Waals surface area (Å²) < 4.78 is 74.4. The Morgan fingerprint density at radius 1 is 0.531 bits per heavy atom.